The van der Waals surface area contributed by atoms with Crippen LogP contribution in [0.5, 0.6) is 0 Å². The van der Waals surface area contributed by atoms with Gasteiger partial charge in [-0.3, -0.25) is 9.59 Å². The Hall–Kier alpha value is -1.62. The number of rotatable bonds is 37. The number of hydrogen-bond donors (Lipinski definition) is 6. The van der Waals surface area contributed by atoms with Crippen LogP contribution in [0.15, 0.2) is 0 Å². The SMILES string of the molecule is NCCOCCOCCOCCOCCOCCNC(=O)[C@H](O)[C@@H](O)C(=O)NCCOCCOCCOCCOCCOCCN. The van der Waals surface area contributed by atoms with Crippen LogP contribution in [0.1, 0.15) is 0 Å². The molecule has 18 nitrogen and oxygen atoms in total. The van der Waals surface area contributed by atoms with E-state index >= 15 is 0 Å². The second-order valence-electron chi connectivity index (χ2n) is 9.17. The highest BCUT2D eigenvalue weighted by Crippen LogP contribution is 1.95. The third kappa shape index (κ3) is 31.0. The molecule has 46 heavy (non-hydrogen) atoms. The summed E-state index contributed by atoms with van der Waals surface area (Å²) in [6, 6.07) is 0. The van der Waals surface area contributed by atoms with Crippen molar-refractivity contribution in [3.05, 3.63) is 0 Å². The van der Waals surface area contributed by atoms with Crippen LogP contribution in [0, 0.1) is 0 Å². The molecule has 0 aliphatic rings. The van der Waals surface area contributed by atoms with Gasteiger partial charge in [-0.05, 0) is 0 Å². The molecule has 0 radical (unpaired) electrons. The van der Waals surface area contributed by atoms with Crippen molar-refractivity contribution in [3.8, 4) is 0 Å². The summed E-state index contributed by atoms with van der Waals surface area (Å²) >= 11 is 0. The van der Waals surface area contributed by atoms with E-state index in [1.807, 2.05) is 0 Å². The van der Waals surface area contributed by atoms with Crippen molar-refractivity contribution in [3.63, 3.8) is 0 Å². The van der Waals surface area contributed by atoms with Crippen molar-refractivity contribution in [2.45, 2.75) is 12.2 Å². The van der Waals surface area contributed by atoms with Crippen LogP contribution in [0.25, 0.3) is 0 Å². The number of carbonyl (C=O) groups excluding carboxylic acids is 2. The number of aliphatic hydroxyl groups is 2. The molecule has 0 spiro atoms. The fraction of sp³-hybridized carbons (Fsp3) is 0.929. The molecule has 0 aromatic rings. The summed E-state index contributed by atoms with van der Waals surface area (Å²) in [6.45, 7) is 9.19. The number of nitrogens with one attached hydrogen (secondary N) is 2. The van der Waals surface area contributed by atoms with Crippen molar-refractivity contribution in [2.24, 2.45) is 11.5 Å². The van der Waals surface area contributed by atoms with Crippen molar-refractivity contribution < 1.29 is 67.2 Å². The van der Waals surface area contributed by atoms with Crippen molar-refractivity contribution in [2.75, 3.05) is 158 Å². The average Bonchev–Trinajstić information content (AvgIpc) is 3.06. The van der Waals surface area contributed by atoms with Crippen molar-refractivity contribution >= 4 is 11.8 Å². The zero-order valence-electron chi connectivity index (χ0n) is 27.1. The van der Waals surface area contributed by atoms with E-state index < -0.39 is 24.0 Å². The lowest BCUT2D eigenvalue weighted by Crippen LogP contribution is -2.50. The van der Waals surface area contributed by atoms with E-state index in [4.69, 9.17) is 58.8 Å². The molecular formula is C28H58N4O14. The third-order valence-corrected chi connectivity index (χ3v) is 5.43. The Labute approximate surface area is 271 Å². The summed E-state index contributed by atoms with van der Waals surface area (Å²) in [4.78, 5) is 24.0. The Morgan fingerprint density at radius 1 is 0.391 bits per heavy atom. The number of hydrogen-bond acceptors (Lipinski definition) is 16. The van der Waals surface area contributed by atoms with Crippen molar-refractivity contribution in [1.29, 1.82) is 0 Å². The zero-order valence-corrected chi connectivity index (χ0v) is 27.1. The van der Waals surface area contributed by atoms with E-state index in [1.165, 1.54) is 0 Å². The Morgan fingerprint density at radius 2 is 0.587 bits per heavy atom. The summed E-state index contributed by atoms with van der Waals surface area (Å²) in [6.07, 6.45) is -3.87. The van der Waals surface area contributed by atoms with Crippen LogP contribution in [0.3, 0.4) is 0 Å². The van der Waals surface area contributed by atoms with Gasteiger partial charge in [0.05, 0.1) is 132 Å². The maximum atomic E-state index is 12.0. The number of amides is 2. The minimum atomic E-state index is -1.93. The molecule has 0 aliphatic heterocycles. The Bertz CT molecular complexity index is 618. The topological polar surface area (TPSA) is 243 Å². The first-order valence-corrected chi connectivity index (χ1v) is 15.6. The molecule has 0 unspecified atom stereocenters. The van der Waals surface area contributed by atoms with Crippen LogP contribution in [-0.2, 0) is 57.0 Å². The molecule has 0 rings (SSSR count). The van der Waals surface area contributed by atoms with Gasteiger partial charge in [-0.15, -0.1) is 0 Å². The summed E-state index contributed by atoms with van der Waals surface area (Å²) in [5.74, 6) is -1.80. The van der Waals surface area contributed by atoms with Gasteiger partial charge in [0.25, 0.3) is 11.8 Å². The smallest absolute Gasteiger partial charge is 0.252 e. The Balaban J connectivity index is 3.50. The number of nitrogens with two attached hydrogens (primary N) is 2. The summed E-state index contributed by atoms with van der Waals surface area (Å²) in [5.41, 5.74) is 10.6. The van der Waals surface area contributed by atoms with Crippen LogP contribution < -0.4 is 22.1 Å². The molecule has 0 aliphatic carbocycles. The first-order chi connectivity index (χ1) is 22.5. The van der Waals surface area contributed by atoms with Crippen LogP contribution in [0.4, 0.5) is 0 Å². The molecular weight excluding hydrogens is 616 g/mol. The van der Waals surface area contributed by atoms with Gasteiger partial charge in [0.15, 0.2) is 12.2 Å². The summed E-state index contributed by atoms with van der Waals surface area (Å²) < 4.78 is 53.2. The average molecular weight is 675 g/mol. The van der Waals surface area contributed by atoms with E-state index in [-0.39, 0.29) is 26.3 Å². The normalized spacial score (nSPS) is 12.7. The zero-order chi connectivity index (χ0) is 33.8. The van der Waals surface area contributed by atoms with Gasteiger partial charge >= 0.3 is 0 Å². The first-order valence-electron chi connectivity index (χ1n) is 15.6. The maximum absolute atomic E-state index is 12.0. The molecule has 274 valence electrons. The Kier molecular flexibility index (Phi) is 34.9. The second kappa shape index (κ2) is 36.2. The van der Waals surface area contributed by atoms with Gasteiger partial charge in [0, 0.05) is 26.2 Å². The fourth-order valence-electron chi connectivity index (χ4n) is 3.12. The molecule has 0 fully saturated rings. The lowest BCUT2D eigenvalue weighted by atomic mass is 10.2. The monoisotopic (exact) mass is 674 g/mol. The molecule has 0 saturated heterocycles. The van der Waals surface area contributed by atoms with E-state index in [1.54, 1.807) is 0 Å². The van der Waals surface area contributed by atoms with Gasteiger partial charge in [0.2, 0.25) is 0 Å². The summed E-state index contributed by atoms with van der Waals surface area (Å²) in [7, 11) is 0. The van der Waals surface area contributed by atoms with E-state index in [9.17, 15) is 19.8 Å². The minimum Gasteiger partial charge on any atom is -0.380 e. The van der Waals surface area contributed by atoms with Crippen LogP contribution in [0.2, 0.25) is 0 Å². The van der Waals surface area contributed by atoms with Crippen molar-refractivity contribution in [1.82, 2.24) is 10.6 Å². The highest BCUT2D eigenvalue weighted by molar-refractivity contribution is 5.90. The maximum Gasteiger partial charge on any atom is 0.252 e. The predicted octanol–water partition coefficient (Wildman–Crippen LogP) is -3.98. The van der Waals surface area contributed by atoms with Gasteiger partial charge in [0.1, 0.15) is 0 Å². The van der Waals surface area contributed by atoms with Gasteiger partial charge < -0.3 is 79.7 Å². The van der Waals surface area contributed by atoms with E-state index in [2.05, 4.69) is 10.6 Å². The molecule has 2 amide bonds. The van der Waals surface area contributed by atoms with Crippen LogP contribution >= 0.6 is 0 Å². The highest BCUT2D eigenvalue weighted by atomic mass is 16.6. The van der Waals surface area contributed by atoms with Gasteiger partial charge in [-0.1, -0.05) is 0 Å². The number of carbonyl (C=O) groups is 2. The van der Waals surface area contributed by atoms with Crippen LogP contribution in [-0.4, -0.2) is 193 Å². The van der Waals surface area contributed by atoms with Gasteiger partial charge in [-0.2, -0.15) is 0 Å². The number of ether oxygens (including phenoxy) is 10. The minimum absolute atomic E-state index is 0.0762. The van der Waals surface area contributed by atoms with Gasteiger partial charge in [-0.25, -0.2) is 0 Å². The second-order valence-corrected chi connectivity index (χ2v) is 9.17. The third-order valence-electron chi connectivity index (χ3n) is 5.43. The largest absolute Gasteiger partial charge is 0.380 e. The lowest BCUT2D eigenvalue weighted by molar-refractivity contribution is -0.146. The van der Waals surface area contributed by atoms with E-state index in [0.717, 1.165) is 0 Å². The quantitative estimate of drug-likeness (QED) is 0.0344. The standard InChI is InChI=1S/C28H58N4O14/c29-1-5-37-9-13-41-17-21-45-23-19-43-15-11-39-7-3-31-27(35)25(33)26(34)28(36)32-4-8-40-12-16-44-20-24-46-22-18-42-14-10-38-6-2-30/h25-26,33-34H,1-24,29-30H2,(H,31,35)(H,32,36)/t25-,26-/m1/s1. The molecule has 0 heterocycles. The molecule has 8 N–H and O–H groups in total. The molecule has 0 aromatic carbocycles. The predicted molar refractivity (Wildman–Crippen MR) is 164 cm³/mol. The summed E-state index contributed by atoms with van der Waals surface area (Å²) in [5, 5.41) is 24.7. The fourth-order valence-corrected chi connectivity index (χ4v) is 3.12. The Morgan fingerprint density at radius 3 is 0.804 bits per heavy atom. The molecule has 0 bridgehead atoms. The lowest BCUT2D eigenvalue weighted by Gasteiger charge is -2.17. The number of aliphatic hydroxyl groups excluding tert-OH is 2. The van der Waals surface area contributed by atoms with E-state index in [0.29, 0.717) is 132 Å². The molecule has 18 heteroatoms. The molecule has 0 aromatic heterocycles. The first kappa shape index (κ1) is 44.4. The molecule has 2 atom stereocenters. The molecule has 0 saturated carbocycles. The highest BCUT2D eigenvalue weighted by Gasteiger charge is 2.29.